The van der Waals surface area contributed by atoms with Gasteiger partial charge in [-0.15, -0.1) is 0 Å². The maximum absolute atomic E-state index is 12.4. The zero-order chi connectivity index (χ0) is 13.9. The van der Waals surface area contributed by atoms with E-state index in [1.165, 1.54) is 0 Å². The Morgan fingerprint density at radius 1 is 1.44 bits per heavy atom. The van der Waals surface area contributed by atoms with Gasteiger partial charge in [-0.3, -0.25) is 9.59 Å². The van der Waals surface area contributed by atoms with Crippen LogP contribution in [-0.4, -0.2) is 48.1 Å². The van der Waals surface area contributed by atoms with Gasteiger partial charge in [0, 0.05) is 7.11 Å². The number of hydrogen-bond acceptors (Lipinski definition) is 3. The Labute approximate surface area is 109 Å². The quantitative estimate of drug-likeness (QED) is 0.796. The van der Waals surface area contributed by atoms with Gasteiger partial charge in [0.2, 0.25) is 11.8 Å². The number of nitrogens with zero attached hydrogens (tertiary/aromatic N) is 1. The Kier molecular flexibility index (Phi) is 4.73. The molecule has 1 rings (SSSR count). The molecule has 1 N–H and O–H groups in total. The van der Waals surface area contributed by atoms with Gasteiger partial charge in [0.15, 0.2) is 0 Å². The smallest absolute Gasteiger partial charge is 0.246 e. The molecular weight excluding hydrogens is 232 g/mol. The van der Waals surface area contributed by atoms with Crippen LogP contribution in [0.15, 0.2) is 0 Å². The van der Waals surface area contributed by atoms with Crippen molar-refractivity contribution in [1.82, 2.24) is 10.2 Å². The Hall–Kier alpha value is -1.10. The lowest BCUT2D eigenvalue weighted by Gasteiger charge is -2.48. The Bertz CT molecular complexity index is 332. The van der Waals surface area contributed by atoms with E-state index in [-0.39, 0.29) is 17.9 Å². The maximum Gasteiger partial charge on any atom is 0.246 e. The highest BCUT2D eigenvalue weighted by Gasteiger charge is 2.49. The molecule has 3 unspecified atom stereocenters. The third kappa shape index (κ3) is 2.36. The minimum atomic E-state index is -0.777. The lowest BCUT2D eigenvalue weighted by molar-refractivity contribution is -0.161. The summed E-state index contributed by atoms with van der Waals surface area (Å²) < 4.78 is 5.12. The summed E-state index contributed by atoms with van der Waals surface area (Å²) in [7, 11) is 1.60. The van der Waals surface area contributed by atoms with Gasteiger partial charge in [0.1, 0.15) is 11.6 Å². The summed E-state index contributed by atoms with van der Waals surface area (Å²) in [4.78, 5) is 26.4. The fourth-order valence-corrected chi connectivity index (χ4v) is 2.52. The number of amides is 2. The molecule has 0 aromatic carbocycles. The Morgan fingerprint density at radius 2 is 2.06 bits per heavy atom. The molecule has 0 aromatic heterocycles. The van der Waals surface area contributed by atoms with E-state index in [9.17, 15) is 9.59 Å². The van der Waals surface area contributed by atoms with Crippen molar-refractivity contribution in [3.63, 3.8) is 0 Å². The van der Waals surface area contributed by atoms with Crippen LogP contribution in [0.25, 0.3) is 0 Å². The lowest BCUT2D eigenvalue weighted by Crippen LogP contribution is -2.71. The fraction of sp³-hybridized carbons (Fsp3) is 0.846. The lowest BCUT2D eigenvalue weighted by atomic mass is 9.88. The molecule has 104 valence electrons. The molecule has 2 amide bonds. The van der Waals surface area contributed by atoms with Gasteiger partial charge in [-0.25, -0.2) is 0 Å². The molecule has 1 aliphatic heterocycles. The van der Waals surface area contributed by atoms with E-state index >= 15 is 0 Å². The molecule has 5 heteroatoms. The second-order valence-electron chi connectivity index (χ2n) is 5.07. The summed E-state index contributed by atoms with van der Waals surface area (Å²) in [5.74, 6) is -0.0783. The second-order valence-corrected chi connectivity index (χ2v) is 5.07. The number of ether oxygens (including phenoxy) is 1. The molecule has 3 atom stereocenters. The molecule has 0 spiro atoms. The third-order valence-electron chi connectivity index (χ3n) is 3.81. The van der Waals surface area contributed by atoms with Crippen LogP contribution in [0, 0.1) is 0 Å². The minimum absolute atomic E-state index is 0.00833. The zero-order valence-corrected chi connectivity index (χ0v) is 11.9. The van der Waals surface area contributed by atoms with E-state index in [0.29, 0.717) is 19.4 Å². The maximum atomic E-state index is 12.4. The molecule has 1 aliphatic rings. The topological polar surface area (TPSA) is 58.6 Å². The predicted molar refractivity (Wildman–Crippen MR) is 69.1 cm³/mol. The van der Waals surface area contributed by atoms with Gasteiger partial charge in [0.25, 0.3) is 0 Å². The van der Waals surface area contributed by atoms with Crippen molar-refractivity contribution in [2.45, 2.75) is 58.2 Å². The van der Waals surface area contributed by atoms with Crippen molar-refractivity contribution in [3.8, 4) is 0 Å². The fourth-order valence-electron chi connectivity index (χ4n) is 2.52. The number of hydrogen-bond donors (Lipinski definition) is 1. The van der Waals surface area contributed by atoms with E-state index < -0.39 is 11.6 Å². The van der Waals surface area contributed by atoms with E-state index in [4.69, 9.17) is 4.74 Å². The van der Waals surface area contributed by atoms with Crippen molar-refractivity contribution in [2.75, 3.05) is 13.7 Å². The second kappa shape index (κ2) is 5.69. The van der Waals surface area contributed by atoms with Crippen LogP contribution in [0.2, 0.25) is 0 Å². The van der Waals surface area contributed by atoms with E-state index in [0.717, 1.165) is 0 Å². The standard InChI is InChI=1S/C13H24N2O3/c1-6-10-11(16)15(9(3)8-18-5)13(4,7-2)12(17)14-10/h9-10H,6-8H2,1-5H3,(H,14,17). The minimum Gasteiger partial charge on any atom is -0.383 e. The van der Waals surface area contributed by atoms with Gasteiger partial charge in [0.05, 0.1) is 12.6 Å². The van der Waals surface area contributed by atoms with Crippen molar-refractivity contribution in [2.24, 2.45) is 0 Å². The average molecular weight is 256 g/mol. The molecule has 1 heterocycles. The van der Waals surface area contributed by atoms with Gasteiger partial charge >= 0.3 is 0 Å². The van der Waals surface area contributed by atoms with Gasteiger partial charge in [-0.1, -0.05) is 13.8 Å². The first-order valence-electron chi connectivity index (χ1n) is 6.55. The van der Waals surface area contributed by atoms with Gasteiger partial charge < -0.3 is 15.0 Å². The zero-order valence-electron chi connectivity index (χ0n) is 11.9. The highest BCUT2D eigenvalue weighted by molar-refractivity contribution is 5.99. The van der Waals surface area contributed by atoms with Gasteiger partial charge in [-0.05, 0) is 26.7 Å². The SMILES string of the molecule is CCC1NC(=O)C(C)(CC)N(C(C)COC)C1=O. The van der Waals surface area contributed by atoms with Gasteiger partial charge in [-0.2, -0.15) is 0 Å². The highest BCUT2D eigenvalue weighted by Crippen LogP contribution is 2.28. The molecule has 0 aromatic rings. The highest BCUT2D eigenvalue weighted by atomic mass is 16.5. The molecular formula is C13H24N2O3. The van der Waals surface area contributed by atoms with E-state index in [1.807, 2.05) is 27.7 Å². The molecule has 0 radical (unpaired) electrons. The molecule has 1 fully saturated rings. The number of piperazine rings is 1. The predicted octanol–water partition coefficient (Wildman–Crippen LogP) is 0.927. The molecule has 0 saturated carbocycles. The summed E-state index contributed by atoms with van der Waals surface area (Å²) in [6, 6.07) is -0.510. The average Bonchev–Trinajstić information content (AvgIpc) is 2.34. The van der Waals surface area contributed by atoms with Crippen molar-refractivity contribution in [3.05, 3.63) is 0 Å². The van der Waals surface area contributed by atoms with Crippen LogP contribution >= 0.6 is 0 Å². The molecule has 18 heavy (non-hydrogen) atoms. The number of methoxy groups -OCH3 is 1. The molecule has 0 bridgehead atoms. The summed E-state index contributed by atoms with van der Waals surface area (Å²) >= 11 is 0. The van der Waals surface area contributed by atoms with Crippen molar-refractivity contribution < 1.29 is 14.3 Å². The first-order chi connectivity index (χ1) is 8.42. The summed E-state index contributed by atoms with van der Waals surface area (Å²) in [5, 5.41) is 2.81. The Balaban J connectivity index is 3.09. The first-order valence-corrected chi connectivity index (χ1v) is 6.55. The number of carbonyl (C=O) groups is 2. The molecule has 5 nitrogen and oxygen atoms in total. The van der Waals surface area contributed by atoms with Crippen LogP contribution in [0.4, 0.5) is 0 Å². The number of carbonyl (C=O) groups excluding carboxylic acids is 2. The van der Waals surface area contributed by atoms with Crippen LogP contribution in [0.1, 0.15) is 40.5 Å². The van der Waals surface area contributed by atoms with E-state index in [1.54, 1.807) is 12.0 Å². The third-order valence-corrected chi connectivity index (χ3v) is 3.81. The van der Waals surface area contributed by atoms with Crippen LogP contribution in [0.5, 0.6) is 0 Å². The molecule has 0 aliphatic carbocycles. The summed E-state index contributed by atoms with van der Waals surface area (Å²) in [5.41, 5.74) is -0.777. The number of nitrogens with one attached hydrogen (secondary N) is 1. The van der Waals surface area contributed by atoms with Crippen molar-refractivity contribution in [1.29, 1.82) is 0 Å². The summed E-state index contributed by atoms with van der Waals surface area (Å²) in [6.07, 6.45) is 1.20. The monoisotopic (exact) mass is 256 g/mol. The van der Waals surface area contributed by atoms with Crippen LogP contribution < -0.4 is 5.32 Å². The first kappa shape index (κ1) is 15.0. The normalized spacial score (nSPS) is 30.3. The Morgan fingerprint density at radius 3 is 2.50 bits per heavy atom. The van der Waals surface area contributed by atoms with Crippen molar-refractivity contribution >= 4 is 11.8 Å². The largest absolute Gasteiger partial charge is 0.383 e. The summed E-state index contributed by atoms with van der Waals surface area (Å²) in [6.45, 7) is 7.99. The van der Waals surface area contributed by atoms with Crippen LogP contribution in [-0.2, 0) is 14.3 Å². The van der Waals surface area contributed by atoms with Crippen LogP contribution in [0.3, 0.4) is 0 Å². The number of rotatable bonds is 5. The van der Waals surface area contributed by atoms with E-state index in [2.05, 4.69) is 5.32 Å². The molecule has 1 saturated heterocycles.